The number of carbonyl (C=O) groups is 1. The zero-order valence-corrected chi connectivity index (χ0v) is 18.6. The second kappa shape index (κ2) is 8.90. The molecule has 0 spiro atoms. The largest absolute Gasteiger partial charge is 0.493 e. The van der Waals surface area contributed by atoms with Crippen LogP contribution in [0.4, 0.5) is 5.69 Å². The van der Waals surface area contributed by atoms with E-state index >= 15 is 0 Å². The van der Waals surface area contributed by atoms with Gasteiger partial charge in [-0.15, -0.1) is 0 Å². The van der Waals surface area contributed by atoms with Crippen molar-refractivity contribution in [2.45, 2.75) is 6.04 Å². The van der Waals surface area contributed by atoms with E-state index in [0.29, 0.717) is 30.3 Å². The predicted molar refractivity (Wildman–Crippen MR) is 130 cm³/mol. The van der Waals surface area contributed by atoms with E-state index < -0.39 is 0 Å². The summed E-state index contributed by atoms with van der Waals surface area (Å²) in [6.45, 7) is 1.05. The Morgan fingerprint density at radius 3 is 2.09 bits per heavy atom. The summed E-state index contributed by atoms with van der Waals surface area (Å²) in [6.07, 6.45) is 0. The maximum Gasteiger partial charge on any atom is 0.273 e. The van der Waals surface area contributed by atoms with Crippen LogP contribution in [0.3, 0.4) is 0 Å². The van der Waals surface area contributed by atoms with Crippen LogP contribution in [0.5, 0.6) is 11.5 Å². The van der Waals surface area contributed by atoms with E-state index in [1.165, 1.54) is 0 Å². The average molecular weight is 440 g/mol. The van der Waals surface area contributed by atoms with Crippen LogP contribution in [0.25, 0.3) is 0 Å². The van der Waals surface area contributed by atoms with E-state index in [1.54, 1.807) is 14.2 Å². The number of anilines is 1. The lowest BCUT2D eigenvalue weighted by atomic mass is 9.85. The Labute approximate surface area is 193 Å². The zero-order valence-electron chi connectivity index (χ0n) is 18.6. The minimum atomic E-state index is -0.324. The number of carbonyl (C=O) groups excluding carboxylic acids is 1. The Morgan fingerprint density at radius 2 is 1.42 bits per heavy atom. The van der Waals surface area contributed by atoms with Crippen LogP contribution in [-0.2, 0) is 4.79 Å². The first-order chi connectivity index (χ1) is 16.2. The molecule has 1 amide bonds. The van der Waals surface area contributed by atoms with Crippen molar-refractivity contribution in [1.82, 2.24) is 0 Å². The number of hydrogen-bond donors (Lipinski definition) is 0. The SMILES string of the molecule is COc1ccc([C@H]2[C@@H]3C(=NCCN=C3c3ccccc3)C(=O)N2c2ccccc2)cc1OC. The number of amides is 1. The zero-order chi connectivity index (χ0) is 22.8. The summed E-state index contributed by atoms with van der Waals surface area (Å²) in [5.74, 6) is 0.869. The number of benzene rings is 3. The van der Waals surface area contributed by atoms with Crippen LogP contribution < -0.4 is 14.4 Å². The molecule has 0 aliphatic carbocycles. The number of hydrogen-bond acceptors (Lipinski definition) is 5. The number of nitrogens with zero attached hydrogens (tertiary/aromatic N) is 3. The van der Waals surface area contributed by atoms with Crippen LogP contribution >= 0.6 is 0 Å². The molecule has 0 unspecified atom stereocenters. The van der Waals surface area contributed by atoms with Crippen LogP contribution in [0, 0.1) is 5.92 Å². The summed E-state index contributed by atoms with van der Waals surface area (Å²) >= 11 is 0. The van der Waals surface area contributed by atoms with Crippen LogP contribution in [-0.4, -0.2) is 44.6 Å². The highest BCUT2D eigenvalue weighted by Gasteiger charge is 2.50. The van der Waals surface area contributed by atoms with Crippen molar-refractivity contribution < 1.29 is 14.3 Å². The van der Waals surface area contributed by atoms with Crippen molar-refractivity contribution in [2.75, 3.05) is 32.2 Å². The number of ether oxygens (including phenoxy) is 2. The first-order valence-corrected chi connectivity index (χ1v) is 11.0. The maximum atomic E-state index is 13.8. The molecule has 2 aliphatic rings. The van der Waals surface area contributed by atoms with Gasteiger partial charge in [-0.25, -0.2) is 0 Å². The van der Waals surface area contributed by atoms with Crippen molar-refractivity contribution >= 4 is 23.0 Å². The van der Waals surface area contributed by atoms with Gasteiger partial charge in [0.2, 0.25) is 0 Å². The van der Waals surface area contributed by atoms with Crippen molar-refractivity contribution in [3.63, 3.8) is 0 Å². The topological polar surface area (TPSA) is 63.5 Å². The van der Waals surface area contributed by atoms with Crippen molar-refractivity contribution in [3.05, 3.63) is 90.0 Å². The van der Waals surface area contributed by atoms with Gasteiger partial charge in [0.25, 0.3) is 5.91 Å². The molecule has 2 aliphatic heterocycles. The first kappa shape index (κ1) is 20.9. The van der Waals surface area contributed by atoms with Gasteiger partial charge in [0, 0.05) is 5.69 Å². The molecule has 0 radical (unpaired) electrons. The Morgan fingerprint density at radius 1 is 0.788 bits per heavy atom. The molecular weight excluding hydrogens is 414 g/mol. The highest BCUT2D eigenvalue weighted by molar-refractivity contribution is 6.51. The number of aliphatic imine (C=N–C) groups is 2. The smallest absolute Gasteiger partial charge is 0.273 e. The number of para-hydroxylation sites is 1. The van der Waals surface area contributed by atoms with Gasteiger partial charge in [-0.2, -0.15) is 0 Å². The summed E-state index contributed by atoms with van der Waals surface area (Å²) in [4.78, 5) is 25.3. The second-order valence-electron chi connectivity index (χ2n) is 7.95. The fourth-order valence-corrected chi connectivity index (χ4v) is 4.69. The van der Waals surface area contributed by atoms with Gasteiger partial charge in [-0.05, 0) is 35.4 Å². The fraction of sp³-hybridized carbons (Fsp3) is 0.222. The van der Waals surface area contributed by atoms with Gasteiger partial charge in [-0.3, -0.25) is 19.7 Å². The van der Waals surface area contributed by atoms with E-state index in [0.717, 1.165) is 22.5 Å². The third-order valence-corrected chi connectivity index (χ3v) is 6.14. The summed E-state index contributed by atoms with van der Waals surface area (Å²) in [7, 11) is 3.23. The molecule has 3 aromatic carbocycles. The third kappa shape index (κ3) is 3.67. The minimum Gasteiger partial charge on any atom is -0.493 e. The Kier molecular flexibility index (Phi) is 5.65. The number of fused-ring (bicyclic) bond motifs is 1. The third-order valence-electron chi connectivity index (χ3n) is 6.14. The first-order valence-electron chi connectivity index (χ1n) is 11.0. The normalized spacial score (nSPS) is 19.9. The number of methoxy groups -OCH3 is 2. The minimum absolute atomic E-state index is 0.0866. The molecule has 2 atom stereocenters. The van der Waals surface area contributed by atoms with Crippen LogP contribution in [0.15, 0.2) is 88.8 Å². The molecule has 5 rings (SSSR count). The quantitative estimate of drug-likeness (QED) is 0.594. The maximum absolute atomic E-state index is 13.8. The number of rotatable bonds is 5. The van der Waals surface area contributed by atoms with Crippen LogP contribution in [0.1, 0.15) is 17.2 Å². The summed E-state index contributed by atoms with van der Waals surface area (Å²) in [5.41, 5.74) is 4.21. The monoisotopic (exact) mass is 439 g/mol. The van der Waals surface area contributed by atoms with Crippen molar-refractivity contribution in [2.24, 2.45) is 15.9 Å². The van der Waals surface area contributed by atoms with Crippen molar-refractivity contribution in [1.29, 1.82) is 0 Å². The molecule has 0 N–H and O–H groups in total. The lowest BCUT2D eigenvalue weighted by molar-refractivity contribution is -0.112. The molecule has 33 heavy (non-hydrogen) atoms. The molecule has 166 valence electrons. The molecule has 6 nitrogen and oxygen atoms in total. The average Bonchev–Trinajstić information content (AvgIpc) is 3.01. The second-order valence-corrected chi connectivity index (χ2v) is 7.95. The highest BCUT2D eigenvalue weighted by atomic mass is 16.5. The van der Waals surface area contributed by atoms with E-state index in [9.17, 15) is 4.79 Å². The van der Waals surface area contributed by atoms with Gasteiger partial charge < -0.3 is 9.47 Å². The fourth-order valence-electron chi connectivity index (χ4n) is 4.69. The highest BCUT2D eigenvalue weighted by Crippen LogP contribution is 2.44. The van der Waals surface area contributed by atoms with E-state index in [4.69, 9.17) is 19.5 Å². The predicted octanol–water partition coefficient (Wildman–Crippen LogP) is 4.35. The molecule has 1 saturated heterocycles. The molecule has 0 aromatic heterocycles. The Bertz CT molecular complexity index is 1220. The van der Waals surface area contributed by atoms with Gasteiger partial charge in [0.05, 0.1) is 45.0 Å². The van der Waals surface area contributed by atoms with E-state index in [-0.39, 0.29) is 17.9 Å². The molecule has 2 heterocycles. The van der Waals surface area contributed by atoms with Gasteiger partial charge in [0.15, 0.2) is 11.5 Å². The molecule has 0 saturated carbocycles. The standard InChI is InChI=1S/C27H25N3O3/c1-32-21-14-13-19(17-22(21)33-2)26-23-24(18-9-5-3-6-10-18)28-15-16-29-25(23)27(31)30(26)20-11-7-4-8-12-20/h3-14,17,23,26H,15-16H2,1-2H3/t23-,26-/m0/s1. The molecule has 1 fully saturated rings. The molecular formula is C27H25N3O3. The summed E-state index contributed by atoms with van der Waals surface area (Å²) in [5, 5.41) is 0. The Hall–Kier alpha value is -3.93. The van der Waals surface area contributed by atoms with Crippen molar-refractivity contribution in [3.8, 4) is 11.5 Å². The summed E-state index contributed by atoms with van der Waals surface area (Å²) < 4.78 is 11.0. The van der Waals surface area contributed by atoms with Gasteiger partial charge in [-0.1, -0.05) is 54.6 Å². The Balaban J connectivity index is 1.73. The molecule has 0 bridgehead atoms. The lowest BCUT2D eigenvalue weighted by Crippen LogP contribution is -2.31. The van der Waals surface area contributed by atoms with Gasteiger partial charge >= 0.3 is 0 Å². The van der Waals surface area contributed by atoms with Gasteiger partial charge in [0.1, 0.15) is 5.71 Å². The molecule has 3 aromatic rings. The lowest BCUT2D eigenvalue weighted by Gasteiger charge is -2.29. The molecule has 6 heteroatoms. The van der Waals surface area contributed by atoms with E-state index in [1.807, 2.05) is 83.8 Å². The summed E-state index contributed by atoms with van der Waals surface area (Å²) in [6, 6.07) is 25.3. The van der Waals surface area contributed by atoms with E-state index in [2.05, 4.69) is 0 Å². The van der Waals surface area contributed by atoms with Crippen LogP contribution in [0.2, 0.25) is 0 Å².